The summed E-state index contributed by atoms with van der Waals surface area (Å²) in [7, 11) is 0. The maximum Gasteiger partial charge on any atom is 0.255 e. The van der Waals surface area contributed by atoms with Gasteiger partial charge in [-0.3, -0.25) is 4.79 Å². The van der Waals surface area contributed by atoms with Crippen LogP contribution in [0.15, 0.2) is 65.9 Å². The fraction of sp³-hybridized carbons (Fsp3) is 0.0556. The van der Waals surface area contributed by atoms with Crippen LogP contribution >= 0.6 is 0 Å². The first-order chi connectivity index (χ1) is 12.7. The molecule has 0 aliphatic carbocycles. The molecule has 4 aromatic rings. The van der Waals surface area contributed by atoms with Crippen molar-refractivity contribution in [1.29, 1.82) is 0 Å². The molecule has 0 saturated heterocycles. The number of rotatable bonds is 4. The molecule has 0 fully saturated rings. The number of nitrogens with one attached hydrogen (secondary N) is 1. The Hall–Kier alpha value is -3.81. The number of anilines is 1. The first-order valence-corrected chi connectivity index (χ1v) is 7.84. The minimum atomic E-state index is -0.191. The molecule has 2 aromatic carbocycles. The van der Waals surface area contributed by atoms with Crippen LogP contribution in [0.25, 0.3) is 17.1 Å². The maximum absolute atomic E-state index is 12.5. The third kappa shape index (κ3) is 3.07. The number of hydrogen-bond acceptors (Lipinski definition) is 6. The maximum atomic E-state index is 12.5. The average Bonchev–Trinajstić information content (AvgIpc) is 3.36. The van der Waals surface area contributed by atoms with Crippen molar-refractivity contribution in [3.63, 3.8) is 0 Å². The van der Waals surface area contributed by atoms with Crippen molar-refractivity contribution in [3.05, 3.63) is 72.6 Å². The summed E-state index contributed by atoms with van der Waals surface area (Å²) in [6.45, 7) is 1.92. The number of hydrogen-bond donors (Lipinski definition) is 1. The van der Waals surface area contributed by atoms with E-state index >= 15 is 0 Å². The van der Waals surface area contributed by atoms with Crippen LogP contribution in [-0.4, -0.2) is 30.9 Å². The molecule has 2 heterocycles. The largest absolute Gasteiger partial charge is 0.423 e. The van der Waals surface area contributed by atoms with Crippen molar-refractivity contribution < 1.29 is 9.21 Å². The zero-order valence-corrected chi connectivity index (χ0v) is 13.8. The molecule has 8 heteroatoms. The summed E-state index contributed by atoms with van der Waals surface area (Å²) in [6.07, 6.45) is 4.36. The van der Waals surface area contributed by atoms with Gasteiger partial charge in [0.2, 0.25) is 12.3 Å². The van der Waals surface area contributed by atoms with Crippen LogP contribution < -0.4 is 5.32 Å². The van der Waals surface area contributed by atoms with Crippen LogP contribution in [0.4, 0.5) is 5.69 Å². The summed E-state index contributed by atoms with van der Waals surface area (Å²) in [5.41, 5.74) is 3.83. The van der Waals surface area contributed by atoms with Gasteiger partial charge in [0.15, 0.2) is 0 Å². The minimum absolute atomic E-state index is 0.191. The second-order valence-electron chi connectivity index (χ2n) is 5.62. The zero-order valence-electron chi connectivity index (χ0n) is 13.8. The van der Waals surface area contributed by atoms with Crippen molar-refractivity contribution in [2.45, 2.75) is 6.92 Å². The highest BCUT2D eigenvalue weighted by Crippen LogP contribution is 2.20. The van der Waals surface area contributed by atoms with Crippen molar-refractivity contribution in [2.75, 3.05) is 5.32 Å². The van der Waals surface area contributed by atoms with Crippen LogP contribution in [0.3, 0.4) is 0 Å². The first kappa shape index (κ1) is 15.7. The zero-order chi connectivity index (χ0) is 17.9. The molecule has 4 rings (SSSR count). The summed E-state index contributed by atoms with van der Waals surface area (Å²) in [5, 5.41) is 14.5. The Bertz CT molecular complexity index is 1020. The molecular formula is C18H14N6O2. The van der Waals surface area contributed by atoms with E-state index in [1.807, 2.05) is 31.2 Å². The van der Waals surface area contributed by atoms with Crippen molar-refractivity contribution in [3.8, 4) is 17.1 Å². The van der Waals surface area contributed by atoms with Gasteiger partial charge in [0.1, 0.15) is 12.7 Å². The van der Waals surface area contributed by atoms with Crippen molar-refractivity contribution in [2.24, 2.45) is 0 Å². The predicted molar refractivity (Wildman–Crippen MR) is 93.8 cm³/mol. The summed E-state index contributed by atoms with van der Waals surface area (Å²) in [5.74, 6) is 0.242. The lowest BCUT2D eigenvalue weighted by atomic mass is 10.1. The molecule has 2 aromatic heterocycles. The van der Waals surface area contributed by atoms with E-state index in [0.29, 0.717) is 17.1 Å². The van der Waals surface area contributed by atoms with Gasteiger partial charge >= 0.3 is 0 Å². The van der Waals surface area contributed by atoms with E-state index in [1.165, 1.54) is 12.7 Å². The molecule has 1 N–H and O–H groups in total. The molecule has 0 aliphatic rings. The summed E-state index contributed by atoms with van der Waals surface area (Å²) in [4.78, 5) is 16.4. The molecule has 8 nitrogen and oxygen atoms in total. The van der Waals surface area contributed by atoms with E-state index < -0.39 is 0 Å². The highest BCUT2D eigenvalue weighted by Gasteiger charge is 2.10. The smallest absolute Gasteiger partial charge is 0.255 e. The summed E-state index contributed by atoms with van der Waals surface area (Å²) < 4.78 is 6.80. The van der Waals surface area contributed by atoms with Gasteiger partial charge in [-0.15, -0.1) is 10.2 Å². The predicted octanol–water partition coefficient (Wildman–Crippen LogP) is 2.88. The molecule has 0 unspecified atom stereocenters. The Balaban J connectivity index is 1.50. The van der Waals surface area contributed by atoms with Gasteiger partial charge < -0.3 is 9.73 Å². The third-order valence-electron chi connectivity index (χ3n) is 3.87. The Morgan fingerprint density at radius 1 is 1.15 bits per heavy atom. The second-order valence-corrected chi connectivity index (χ2v) is 5.62. The van der Waals surface area contributed by atoms with E-state index in [0.717, 1.165) is 16.8 Å². The second kappa shape index (κ2) is 6.60. The average molecular weight is 346 g/mol. The van der Waals surface area contributed by atoms with Crippen LogP contribution in [0.2, 0.25) is 0 Å². The summed E-state index contributed by atoms with van der Waals surface area (Å²) >= 11 is 0. The topological polar surface area (TPSA) is 98.7 Å². The normalized spacial score (nSPS) is 10.7. The molecule has 1 amide bonds. The Morgan fingerprint density at radius 2 is 2.00 bits per heavy atom. The monoisotopic (exact) mass is 346 g/mol. The molecule has 0 bridgehead atoms. The van der Waals surface area contributed by atoms with Gasteiger partial charge in [-0.1, -0.05) is 0 Å². The number of carbonyl (C=O) groups excluding carboxylic acids is 1. The fourth-order valence-electron chi connectivity index (χ4n) is 2.58. The highest BCUT2D eigenvalue weighted by atomic mass is 16.4. The third-order valence-corrected chi connectivity index (χ3v) is 3.87. The minimum Gasteiger partial charge on any atom is -0.423 e. The number of aromatic nitrogens is 5. The van der Waals surface area contributed by atoms with Crippen molar-refractivity contribution >= 4 is 11.6 Å². The fourth-order valence-corrected chi connectivity index (χ4v) is 2.58. The molecule has 128 valence electrons. The molecule has 0 saturated carbocycles. The molecular weight excluding hydrogens is 332 g/mol. The van der Waals surface area contributed by atoms with Gasteiger partial charge in [0.25, 0.3) is 5.91 Å². The van der Waals surface area contributed by atoms with Gasteiger partial charge in [-0.05, 0) is 55.0 Å². The molecule has 26 heavy (non-hydrogen) atoms. The molecule has 0 spiro atoms. The van der Waals surface area contributed by atoms with E-state index in [1.54, 1.807) is 29.2 Å². The van der Waals surface area contributed by atoms with E-state index in [-0.39, 0.29) is 5.91 Å². The van der Waals surface area contributed by atoms with Gasteiger partial charge in [-0.2, -0.15) is 5.10 Å². The lowest BCUT2D eigenvalue weighted by molar-refractivity contribution is 0.102. The standard InChI is InChI=1S/C18H14N6O2/c1-12-8-14(4-7-16(12)24-10-19-9-21-24)17(25)22-15-5-2-13(3-6-15)18-23-20-11-26-18/h2-11H,1H3,(H,22,25). The molecule has 0 aliphatic heterocycles. The summed E-state index contributed by atoms with van der Waals surface area (Å²) in [6, 6.07) is 12.6. The molecule has 0 atom stereocenters. The van der Waals surface area contributed by atoms with Gasteiger partial charge in [0.05, 0.1) is 5.69 Å². The van der Waals surface area contributed by atoms with E-state index in [9.17, 15) is 4.79 Å². The molecule has 0 radical (unpaired) electrons. The lowest BCUT2D eigenvalue weighted by Crippen LogP contribution is -2.12. The SMILES string of the molecule is Cc1cc(C(=O)Nc2ccc(-c3nnco3)cc2)ccc1-n1cncn1. The first-order valence-electron chi connectivity index (χ1n) is 7.84. The van der Waals surface area contributed by atoms with Crippen LogP contribution in [0.5, 0.6) is 0 Å². The Kier molecular flexibility index (Phi) is 3.98. The van der Waals surface area contributed by atoms with E-state index in [4.69, 9.17) is 4.42 Å². The number of aryl methyl sites for hydroxylation is 1. The van der Waals surface area contributed by atoms with Crippen LogP contribution in [-0.2, 0) is 0 Å². The number of amides is 1. The quantitative estimate of drug-likeness (QED) is 0.610. The Morgan fingerprint density at radius 3 is 2.65 bits per heavy atom. The van der Waals surface area contributed by atoms with E-state index in [2.05, 4.69) is 25.6 Å². The lowest BCUT2D eigenvalue weighted by Gasteiger charge is -2.09. The van der Waals surface area contributed by atoms with Crippen LogP contribution in [0.1, 0.15) is 15.9 Å². The van der Waals surface area contributed by atoms with Gasteiger partial charge in [-0.25, -0.2) is 9.67 Å². The number of benzene rings is 2. The Labute approximate surface area is 148 Å². The number of nitrogens with zero attached hydrogens (tertiary/aromatic N) is 5. The van der Waals surface area contributed by atoms with Gasteiger partial charge in [0, 0.05) is 16.8 Å². The van der Waals surface area contributed by atoms with Crippen molar-refractivity contribution in [1.82, 2.24) is 25.0 Å². The van der Waals surface area contributed by atoms with Crippen LogP contribution in [0, 0.1) is 6.92 Å². The highest BCUT2D eigenvalue weighted by molar-refractivity contribution is 6.04. The number of carbonyl (C=O) groups is 1.